The topological polar surface area (TPSA) is 75.6 Å². The number of hydrogen-bond acceptors (Lipinski definition) is 5. The van der Waals surface area contributed by atoms with Crippen molar-refractivity contribution in [3.8, 4) is 0 Å². The first-order valence-electron chi connectivity index (χ1n) is 5.83. The van der Waals surface area contributed by atoms with Crippen molar-refractivity contribution in [1.29, 1.82) is 0 Å². The lowest BCUT2D eigenvalue weighted by Gasteiger charge is -2.28. The second kappa shape index (κ2) is 5.42. The molecule has 5 nitrogen and oxygen atoms in total. The van der Waals surface area contributed by atoms with Crippen LogP contribution in [0.2, 0.25) is 0 Å². The van der Waals surface area contributed by atoms with Gasteiger partial charge in [0.2, 0.25) is 10.0 Å². The molecule has 1 aliphatic rings. The van der Waals surface area contributed by atoms with Crippen molar-refractivity contribution in [3.63, 3.8) is 0 Å². The van der Waals surface area contributed by atoms with Gasteiger partial charge < -0.3 is 9.84 Å². The van der Waals surface area contributed by atoms with Crippen molar-refractivity contribution >= 4 is 37.3 Å². The fourth-order valence-electron chi connectivity index (χ4n) is 1.99. The molecule has 19 heavy (non-hydrogen) atoms. The number of rotatable bonds is 4. The highest BCUT2D eigenvalue weighted by atomic mass is 79.9. The van der Waals surface area contributed by atoms with Crippen LogP contribution in [-0.4, -0.2) is 31.8 Å². The van der Waals surface area contributed by atoms with Crippen LogP contribution in [0.4, 0.5) is 0 Å². The van der Waals surface area contributed by atoms with Crippen LogP contribution in [0.25, 0.3) is 0 Å². The summed E-state index contributed by atoms with van der Waals surface area (Å²) in [5.74, 6) is 0. The molecule has 1 aliphatic heterocycles. The number of ether oxygens (including phenoxy) is 1. The molecule has 0 bridgehead atoms. The summed E-state index contributed by atoms with van der Waals surface area (Å²) in [6.07, 6.45) is 0.471. The Labute approximate surface area is 125 Å². The van der Waals surface area contributed by atoms with Gasteiger partial charge in [-0.1, -0.05) is 0 Å². The average molecular weight is 370 g/mol. The first-order chi connectivity index (χ1) is 8.78. The minimum absolute atomic E-state index is 0.168. The molecular formula is C11H16BrNO4S2. The maximum absolute atomic E-state index is 12.4. The van der Waals surface area contributed by atoms with E-state index >= 15 is 0 Å². The molecule has 0 aromatic carbocycles. The standard InChI is InChI=1S/C11H16BrNO4S2/c1-7-11(2,3-4-17-7)13-19(15,16)9-5-8(6-14)18-10(9)12/h5,7,13-14H,3-4,6H2,1-2H3. The van der Waals surface area contributed by atoms with E-state index in [0.717, 1.165) is 0 Å². The predicted octanol–water partition coefficient (Wildman–Crippen LogP) is 1.85. The summed E-state index contributed by atoms with van der Waals surface area (Å²) < 4.78 is 33.5. The second-order valence-electron chi connectivity index (χ2n) is 4.79. The van der Waals surface area contributed by atoms with Gasteiger partial charge in [0, 0.05) is 11.5 Å². The molecule has 1 saturated heterocycles. The highest BCUT2D eigenvalue weighted by Gasteiger charge is 2.41. The van der Waals surface area contributed by atoms with Gasteiger partial charge in [-0.15, -0.1) is 11.3 Å². The van der Waals surface area contributed by atoms with Crippen LogP contribution in [-0.2, 0) is 21.4 Å². The minimum Gasteiger partial charge on any atom is -0.391 e. The molecule has 0 radical (unpaired) electrons. The Kier molecular flexibility index (Phi) is 4.39. The minimum atomic E-state index is -3.63. The van der Waals surface area contributed by atoms with Gasteiger partial charge in [-0.25, -0.2) is 13.1 Å². The number of thiophene rings is 1. The molecule has 2 unspecified atom stereocenters. The lowest BCUT2D eigenvalue weighted by Crippen LogP contribution is -2.50. The summed E-state index contributed by atoms with van der Waals surface area (Å²) in [4.78, 5) is 0.773. The molecule has 2 atom stereocenters. The van der Waals surface area contributed by atoms with Gasteiger partial charge in [0.1, 0.15) is 4.90 Å². The zero-order valence-corrected chi connectivity index (χ0v) is 13.9. The molecule has 1 aromatic rings. The Morgan fingerprint density at radius 3 is 2.84 bits per heavy atom. The third-order valence-electron chi connectivity index (χ3n) is 3.41. The lowest BCUT2D eigenvalue weighted by molar-refractivity contribution is 0.0957. The molecular weight excluding hydrogens is 354 g/mol. The van der Waals surface area contributed by atoms with Crippen LogP contribution in [0.1, 0.15) is 25.1 Å². The van der Waals surface area contributed by atoms with Crippen molar-refractivity contribution in [2.24, 2.45) is 0 Å². The van der Waals surface area contributed by atoms with Crippen LogP contribution in [0.15, 0.2) is 14.7 Å². The van der Waals surface area contributed by atoms with Gasteiger partial charge in [-0.3, -0.25) is 0 Å². The molecule has 0 amide bonds. The Bertz CT molecular complexity index is 571. The summed E-state index contributed by atoms with van der Waals surface area (Å²) in [5, 5.41) is 9.07. The Hall–Kier alpha value is 0.01000. The largest absolute Gasteiger partial charge is 0.391 e. The van der Waals surface area contributed by atoms with Gasteiger partial charge in [-0.05, 0) is 42.3 Å². The van der Waals surface area contributed by atoms with E-state index in [9.17, 15) is 8.42 Å². The molecule has 8 heteroatoms. The van der Waals surface area contributed by atoms with E-state index in [1.165, 1.54) is 17.4 Å². The normalized spacial score (nSPS) is 27.9. The van der Waals surface area contributed by atoms with Crippen LogP contribution in [0.3, 0.4) is 0 Å². The van der Waals surface area contributed by atoms with E-state index in [-0.39, 0.29) is 17.6 Å². The number of halogens is 1. The third-order valence-corrected chi connectivity index (χ3v) is 7.25. The molecule has 1 aromatic heterocycles. The van der Waals surface area contributed by atoms with E-state index in [4.69, 9.17) is 9.84 Å². The van der Waals surface area contributed by atoms with Crippen LogP contribution < -0.4 is 4.72 Å². The Morgan fingerprint density at radius 1 is 1.68 bits per heavy atom. The fourth-order valence-corrected chi connectivity index (χ4v) is 6.03. The summed E-state index contributed by atoms with van der Waals surface area (Å²) >= 11 is 4.45. The average Bonchev–Trinajstić information content (AvgIpc) is 2.83. The maximum Gasteiger partial charge on any atom is 0.243 e. The van der Waals surface area contributed by atoms with E-state index in [2.05, 4.69) is 20.7 Å². The van der Waals surface area contributed by atoms with Crippen molar-refractivity contribution in [3.05, 3.63) is 14.7 Å². The molecule has 0 spiro atoms. The number of sulfonamides is 1. The van der Waals surface area contributed by atoms with Gasteiger partial charge in [0.05, 0.1) is 22.0 Å². The lowest BCUT2D eigenvalue weighted by atomic mass is 9.97. The number of nitrogens with one attached hydrogen (secondary N) is 1. The van der Waals surface area contributed by atoms with E-state index in [1.807, 2.05) is 13.8 Å². The quantitative estimate of drug-likeness (QED) is 0.848. The third kappa shape index (κ3) is 3.03. The fraction of sp³-hybridized carbons (Fsp3) is 0.636. The summed E-state index contributed by atoms with van der Waals surface area (Å²) in [7, 11) is -3.63. The van der Waals surface area contributed by atoms with Gasteiger partial charge in [-0.2, -0.15) is 0 Å². The maximum atomic E-state index is 12.4. The van der Waals surface area contributed by atoms with Crippen LogP contribution >= 0.6 is 27.3 Å². The molecule has 0 saturated carbocycles. The number of hydrogen-bond donors (Lipinski definition) is 2. The summed E-state index contributed by atoms with van der Waals surface area (Å²) in [6.45, 7) is 4.08. The van der Waals surface area contributed by atoms with E-state index in [1.54, 1.807) is 0 Å². The molecule has 2 N–H and O–H groups in total. The highest BCUT2D eigenvalue weighted by molar-refractivity contribution is 9.11. The van der Waals surface area contributed by atoms with Gasteiger partial charge >= 0.3 is 0 Å². The Balaban J connectivity index is 2.30. The Morgan fingerprint density at radius 2 is 2.37 bits per heavy atom. The first kappa shape index (κ1) is 15.4. The number of aliphatic hydroxyl groups excluding tert-OH is 1. The highest BCUT2D eigenvalue weighted by Crippen LogP contribution is 2.34. The predicted molar refractivity (Wildman–Crippen MR) is 76.7 cm³/mol. The summed E-state index contributed by atoms with van der Waals surface area (Å²) in [5.41, 5.74) is -0.598. The van der Waals surface area contributed by atoms with E-state index in [0.29, 0.717) is 21.7 Å². The molecule has 1 fully saturated rings. The number of aliphatic hydroxyl groups is 1. The molecule has 0 aliphatic carbocycles. The summed E-state index contributed by atoms with van der Waals surface area (Å²) in [6, 6.07) is 1.49. The van der Waals surface area contributed by atoms with E-state index < -0.39 is 15.6 Å². The zero-order valence-electron chi connectivity index (χ0n) is 10.6. The first-order valence-corrected chi connectivity index (χ1v) is 8.92. The van der Waals surface area contributed by atoms with Crippen LogP contribution in [0.5, 0.6) is 0 Å². The molecule has 2 rings (SSSR count). The van der Waals surface area contributed by atoms with Crippen molar-refractivity contribution in [2.45, 2.75) is 43.4 Å². The zero-order chi connectivity index (χ0) is 14.3. The molecule has 2 heterocycles. The van der Waals surface area contributed by atoms with Crippen molar-refractivity contribution < 1.29 is 18.3 Å². The smallest absolute Gasteiger partial charge is 0.243 e. The van der Waals surface area contributed by atoms with Gasteiger partial charge in [0.25, 0.3) is 0 Å². The monoisotopic (exact) mass is 369 g/mol. The van der Waals surface area contributed by atoms with Crippen molar-refractivity contribution in [2.75, 3.05) is 6.61 Å². The SMILES string of the molecule is CC1OCCC1(C)NS(=O)(=O)c1cc(CO)sc1Br. The second-order valence-corrected chi connectivity index (χ2v) is 8.90. The van der Waals surface area contributed by atoms with Gasteiger partial charge in [0.15, 0.2) is 0 Å². The molecule has 108 valence electrons. The van der Waals surface area contributed by atoms with Crippen molar-refractivity contribution in [1.82, 2.24) is 4.72 Å². The van der Waals surface area contributed by atoms with Crippen LogP contribution in [0, 0.1) is 0 Å².